The van der Waals surface area contributed by atoms with Crippen LogP contribution in [0.15, 0.2) is 29.0 Å². The van der Waals surface area contributed by atoms with Gasteiger partial charge in [-0.2, -0.15) is 0 Å². The molecule has 2 aliphatic rings. The molecule has 0 bridgehead atoms. The molecule has 1 N–H and O–H groups in total. The molecule has 2 aromatic rings. The van der Waals surface area contributed by atoms with Gasteiger partial charge < -0.3 is 5.32 Å². The molecule has 0 saturated heterocycles. The van der Waals surface area contributed by atoms with E-state index in [-0.39, 0.29) is 11.9 Å². The van der Waals surface area contributed by atoms with Crippen LogP contribution >= 0.6 is 22.7 Å². The predicted molar refractivity (Wildman–Crippen MR) is 96.2 cm³/mol. The normalized spacial score (nSPS) is 22.2. The summed E-state index contributed by atoms with van der Waals surface area (Å²) in [7, 11) is 0. The number of nitrogens with zero attached hydrogens (tertiary/aromatic N) is 1. The van der Waals surface area contributed by atoms with Crippen LogP contribution in [-0.2, 0) is 11.2 Å². The topological polar surface area (TPSA) is 32.3 Å². The lowest BCUT2D eigenvalue weighted by molar-refractivity contribution is -0.123. The quantitative estimate of drug-likeness (QED) is 0.913. The van der Waals surface area contributed by atoms with Crippen molar-refractivity contribution in [1.29, 1.82) is 0 Å². The first-order valence-electron chi connectivity index (χ1n) is 8.44. The molecule has 1 aliphatic carbocycles. The summed E-state index contributed by atoms with van der Waals surface area (Å²) in [4.78, 5) is 17.7. The van der Waals surface area contributed by atoms with Crippen LogP contribution in [0, 0.1) is 0 Å². The summed E-state index contributed by atoms with van der Waals surface area (Å²) >= 11 is 3.64. The van der Waals surface area contributed by atoms with E-state index in [2.05, 4.69) is 39.2 Å². The fourth-order valence-electron chi connectivity index (χ4n) is 3.85. The summed E-state index contributed by atoms with van der Waals surface area (Å²) in [5, 5.41) is 7.55. The van der Waals surface area contributed by atoms with Gasteiger partial charge in [-0.1, -0.05) is 18.9 Å². The summed E-state index contributed by atoms with van der Waals surface area (Å²) < 4.78 is 0. The van der Waals surface area contributed by atoms with E-state index < -0.39 is 0 Å². The van der Waals surface area contributed by atoms with Crippen LogP contribution in [0.2, 0.25) is 0 Å². The van der Waals surface area contributed by atoms with E-state index in [4.69, 9.17) is 0 Å². The second-order valence-corrected chi connectivity index (χ2v) is 8.47. The number of fused-ring (bicyclic) bond motifs is 1. The highest BCUT2D eigenvalue weighted by Crippen LogP contribution is 2.39. The van der Waals surface area contributed by atoms with Crippen molar-refractivity contribution in [2.24, 2.45) is 0 Å². The standard InChI is InChI=1S/C18H22N2OS2/c21-17(19-13-4-1-2-5-13)12-20-9-7-15-14(8-11-23-15)18(20)16-6-3-10-22-16/h3,6,8,10-11,13,18H,1-2,4-5,7,9,12H2,(H,19,21)/t18-/m0/s1. The third kappa shape index (κ3) is 3.23. The van der Waals surface area contributed by atoms with Gasteiger partial charge in [0.2, 0.25) is 5.91 Å². The van der Waals surface area contributed by atoms with Crippen LogP contribution in [0.5, 0.6) is 0 Å². The van der Waals surface area contributed by atoms with Gasteiger partial charge in [0.05, 0.1) is 12.6 Å². The smallest absolute Gasteiger partial charge is 0.234 e. The van der Waals surface area contributed by atoms with Gasteiger partial charge in [0, 0.05) is 22.3 Å². The molecule has 0 spiro atoms. The van der Waals surface area contributed by atoms with Gasteiger partial charge >= 0.3 is 0 Å². The van der Waals surface area contributed by atoms with E-state index in [9.17, 15) is 4.79 Å². The Hall–Kier alpha value is -1.17. The molecule has 3 heterocycles. The molecule has 0 aromatic carbocycles. The average Bonchev–Trinajstić information content (AvgIpc) is 3.29. The van der Waals surface area contributed by atoms with Crippen LogP contribution in [0.1, 0.15) is 47.0 Å². The molecule has 23 heavy (non-hydrogen) atoms. The molecule has 1 atom stereocenters. The third-order valence-electron chi connectivity index (χ3n) is 4.95. The Bertz CT molecular complexity index is 658. The summed E-state index contributed by atoms with van der Waals surface area (Å²) in [6, 6.07) is 7.20. The number of rotatable bonds is 4. The SMILES string of the molecule is O=C(CN1CCc2sccc2[C@H]1c1cccs1)NC1CCCC1. The number of hydrogen-bond donors (Lipinski definition) is 1. The molecule has 5 heteroatoms. The summed E-state index contributed by atoms with van der Waals surface area (Å²) in [5.74, 6) is 0.192. The average molecular weight is 347 g/mol. The van der Waals surface area contributed by atoms with Crippen molar-refractivity contribution in [1.82, 2.24) is 10.2 Å². The highest BCUT2D eigenvalue weighted by molar-refractivity contribution is 7.10. The first-order valence-corrected chi connectivity index (χ1v) is 10.2. The maximum atomic E-state index is 12.5. The van der Waals surface area contributed by atoms with Gasteiger partial charge in [0.25, 0.3) is 0 Å². The molecule has 3 nitrogen and oxygen atoms in total. The van der Waals surface area contributed by atoms with Crippen LogP contribution < -0.4 is 5.32 Å². The van der Waals surface area contributed by atoms with Gasteiger partial charge in [-0.25, -0.2) is 0 Å². The first-order chi connectivity index (χ1) is 11.3. The molecule has 1 saturated carbocycles. The summed E-state index contributed by atoms with van der Waals surface area (Å²) in [5.41, 5.74) is 1.40. The Morgan fingerprint density at radius 3 is 2.87 bits per heavy atom. The fraction of sp³-hybridized carbons (Fsp3) is 0.500. The molecule has 2 aromatic heterocycles. The van der Waals surface area contributed by atoms with E-state index in [1.165, 1.54) is 28.2 Å². The van der Waals surface area contributed by atoms with Crippen molar-refractivity contribution in [3.8, 4) is 0 Å². The Balaban J connectivity index is 1.51. The zero-order valence-electron chi connectivity index (χ0n) is 13.2. The number of carbonyl (C=O) groups excluding carboxylic acids is 1. The highest BCUT2D eigenvalue weighted by atomic mass is 32.1. The number of hydrogen-bond acceptors (Lipinski definition) is 4. The van der Waals surface area contributed by atoms with E-state index in [1.54, 1.807) is 11.3 Å². The van der Waals surface area contributed by atoms with Crippen LogP contribution in [0.25, 0.3) is 0 Å². The second-order valence-electron chi connectivity index (χ2n) is 6.49. The maximum Gasteiger partial charge on any atom is 0.234 e. The molecular weight excluding hydrogens is 324 g/mol. The predicted octanol–water partition coefficient (Wildman–Crippen LogP) is 3.82. The molecule has 0 unspecified atom stereocenters. The summed E-state index contributed by atoms with van der Waals surface area (Å²) in [6.45, 7) is 1.47. The lowest BCUT2D eigenvalue weighted by atomic mass is 9.98. The molecule has 4 rings (SSSR count). The van der Waals surface area contributed by atoms with Gasteiger partial charge in [-0.3, -0.25) is 9.69 Å². The third-order valence-corrected chi connectivity index (χ3v) is 6.87. The largest absolute Gasteiger partial charge is 0.352 e. The Morgan fingerprint density at radius 1 is 1.22 bits per heavy atom. The Kier molecular flexibility index (Phi) is 4.51. The van der Waals surface area contributed by atoms with Crippen LogP contribution in [-0.4, -0.2) is 29.9 Å². The number of thiophene rings is 2. The Labute approximate surface area is 145 Å². The van der Waals surface area contributed by atoms with Gasteiger partial charge in [0.1, 0.15) is 0 Å². The molecule has 1 aliphatic heterocycles. The molecule has 0 radical (unpaired) electrons. The Morgan fingerprint density at radius 2 is 2.09 bits per heavy atom. The fourth-order valence-corrected chi connectivity index (χ4v) is 5.63. The lowest BCUT2D eigenvalue weighted by Crippen LogP contribution is -2.44. The molecule has 1 amide bonds. The first kappa shape index (κ1) is 15.4. The summed E-state index contributed by atoms with van der Waals surface area (Å²) in [6.07, 6.45) is 5.87. The van der Waals surface area contributed by atoms with Crippen molar-refractivity contribution < 1.29 is 4.79 Å². The molecule has 1 fully saturated rings. The molecular formula is C18H22N2OS2. The van der Waals surface area contributed by atoms with Gasteiger partial charge in [-0.15, -0.1) is 22.7 Å². The lowest BCUT2D eigenvalue weighted by Gasteiger charge is -2.35. The number of amides is 1. The van der Waals surface area contributed by atoms with Crippen molar-refractivity contribution in [3.05, 3.63) is 44.3 Å². The van der Waals surface area contributed by atoms with Gasteiger partial charge in [0.15, 0.2) is 0 Å². The van der Waals surface area contributed by atoms with Crippen molar-refractivity contribution in [2.75, 3.05) is 13.1 Å². The van der Waals surface area contributed by atoms with Crippen LogP contribution in [0.3, 0.4) is 0 Å². The van der Waals surface area contributed by atoms with Crippen molar-refractivity contribution in [3.63, 3.8) is 0 Å². The van der Waals surface area contributed by atoms with E-state index in [0.29, 0.717) is 12.6 Å². The minimum atomic E-state index is 0.192. The van der Waals surface area contributed by atoms with Gasteiger partial charge in [-0.05, 0) is 47.7 Å². The van der Waals surface area contributed by atoms with Crippen molar-refractivity contribution in [2.45, 2.75) is 44.2 Å². The van der Waals surface area contributed by atoms with E-state index in [1.807, 2.05) is 11.3 Å². The molecule has 122 valence electrons. The number of carbonyl (C=O) groups is 1. The van der Waals surface area contributed by atoms with E-state index in [0.717, 1.165) is 25.8 Å². The maximum absolute atomic E-state index is 12.5. The van der Waals surface area contributed by atoms with Crippen molar-refractivity contribution >= 4 is 28.6 Å². The van der Waals surface area contributed by atoms with E-state index >= 15 is 0 Å². The minimum absolute atomic E-state index is 0.192. The monoisotopic (exact) mass is 346 g/mol. The number of nitrogens with one attached hydrogen (secondary N) is 1. The van der Waals surface area contributed by atoms with Crippen LogP contribution in [0.4, 0.5) is 0 Å². The second kappa shape index (κ2) is 6.75. The zero-order chi connectivity index (χ0) is 15.6. The zero-order valence-corrected chi connectivity index (χ0v) is 14.8. The highest BCUT2D eigenvalue weighted by Gasteiger charge is 2.31. The minimum Gasteiger partial charge on any atom is -0.352 e.